The molecule has 0 aromatic heterocycles. The van der Waals surface area contributed by atoms with Crippen LogP contribution in [-0.2, 0) is 10.0 Å². The maximum Gasteiger partial charge on any atom is 0.270 e. The Kier molecular flexibility index (Phi) is 5.72. The molecule has 154 valence electrons. The van der Waals surface area contributed by atoms with Gasteiger partial charge in [0.05, 0.1) is 9.82 Å². The molecule has 1 fully saturated rings. The summed E-state index contributed by atoms with van der Waals surface area (Å²) in [7, 11) is -3.67. The van der Waals surface area contributed by atoms with Crippen LogP contribution in [0.5, 0.6) is 0 Å². The molecule has 0 radical (unpaired) electrons. The highest BCUT2D eigenvalue weighted by Gasteiger charge is 2.32. The molecule has 0 spiro atoms. The van der Waals surface area contributed by atoms with Crippen molar-refractivity contribution in [2.24, 2.45) is 0 Å². The van der Waals surface area contributed by atoms with Crippen LogP contribution >= 0.6 is 0 Å². The van der Waals surface area contributed by atoms with Gasteiger partial charge in [0.1, 0.15) is 0 Å². The predicted octanol–water partition coefficient (Wildman–Crippen LogP) is 2.67. The van der Waals surface area contributed by atoms with Crippen molar-refractivity contribution in [3.05, 3.63) is 68.8 Å². The zero-order valence-electron chi connectivity index (χ0n) is 16.6. The Bertz CT molecular complexity index is 1050. The fraction of sp³-hybridized carbons (Fsp3) is 0.350. The van der Waals surface area contributed by atoms with Gasteiger partial charge in [0.25, 0.3) is 11.6 Å². The second kappa shape index (κ2) is 7.92. The third-order valence-electron chi connectivity index (χ3n) is 5.03. The van der Waals surface area contributed by atoms with Crippen LogP contribution < -0.4 is 0 Å². The summed E-state index contributed by atoms with van der Waals surface area (Å²) < 4.78 is 27.7. The van der Waals surface area contributed by atoms with Crippen LogP contribution in [-0.4, -0.2) is 54.6 Å². The summed E-state index contributed by atoms with van der Waals surface area (Å²) in [5.41, 5.74) is 2.49. The fourth-order valence-electron chi connectivity index (χ4n) is 3.77. The van der Waals surface area contributed by atoms with Crippen molar-refractivity contribution < 1.29 is 18.1 Å². The Hall–Kier alpha value is -2.78. The highest BCUT2D eigenvalue weighted by atomic mass is 32.2. The lowest BCUT2D eigenvalue weighted by atomic mass is 10.1. The number of nitrogens with zero attached hydrogens (tertiary/aromatic N) is 3. The molecule has 2 aromatic carbocycles. The highest BCUT2D eigenvalue weighted by Crippen LogP contribution is 2.26. The molecule has 0 atom stereocenters. The van der Waals surface area contributed by atoms with Gasteiger partial charge >= 0.3 is 0 Å². The van der Waals surface area contributed by atoms with Gasteiger partial charge in [0.2, 0.25) is 10.0 Å². The Morgan fingerprint density at radius 3 is 2.14 bits per heavy atom. The molecule has 1 aliphatic rings. The Morgan fingerprint density at radius 1 is 1.00 bits per heavy atom. The summed E-state index contributed by atoms with van der Waals surface area (Å²) in [6.45, 7) is 6.31. The smallest absolute Gasteiger partial charge is 0.270 e. The van der Waals surface area contributed by atoms with Crippen LogP contribution in [0.25, 0.3) is 0 Å². The number of hydrogen-bond acceptors (Lipinski definition) is 5. The number of piperazine rings is 1. The number of rotatable bonds is 4. The van der Waals surface area contributed by atoms with Crippen molar-refractivity contribution in [2.75, 3.05) is 26.2 Å². The first-order valence-corrected chi connectivity index (χ1v) is 10.7. The minimum absolute atomic E-state index is 0.151. The number of carbonyl (C=O) groups is 1. The maximum absolute atomic E-state index is 13.2. The van der Waals surface area contributed by atoms with Crippen LogP contribution in [0.2, 0.25) is 0 Å². The lowest BCUT2D eigenvalue weighted by Gasteiger charge is -2.34. The number of non-ortho nitro benzene ring substituents is 1. The molecule has 0 N–H and O–H groups in total. The molecule has 29 heavy (non-hydrogen) atoms. The van der Waals surface area contributed by atoms with Crippen LogP contribution in [0, 0.1) is 30.9 Å². The van der Waals surface area contributed by atoms with Crippen molar-refractivity contribution in [1.29, 1.82) is 0 Å². The molecule has 0 saturated carbocycles. The molecular formula is C20H23N3O5S. The van der Waals surface area contributed by atoms with E-state index in [2.05, 4.69) is 0 Å². The van der Waals surface area contributed by atoms with E-state index < -0.39 is 14.9 Å². The monoisotopic (exact) mass is 417 g/mol. The normalized spacial score (nSPS) is 15.3. The van der Waals surface area contributed by atoms with Gasteiger partial charge < -0.3 is 4.90 Å². The van der Waals surface area contributed by atoms with E-state index in [-0.39, 0.29) is 43.3 Å². The number of hydrogen-bond donors (Lipinski definition) is 0. The molecule has 1 saturated heterocycles. The lowest BCUT2D eigenvalue weighted by molar-refractivity contribution is -0.384. The molecule has 1 amide bonds. The largest absolute Gasteiger partial charge is 0.336 e. The van der Waals surface area contributed by atoms with Gasteiger partial charge in [-0.25, -0.2) is 8.42 Å². The van der Waals surface area contributed by atoms with E-state index >= 15 is 0 Å². The zero-order valence-corrected chi connectivity index (χ0v) is 17.4. The number of nitro benzene ring substituents is 1. The second-order valence-electron chi connectivity index (χ2n) is 7.23. The third kappa shape index (κ3) is 4.15. The molecule has 0 bridgehead atoms. The standard InChI is InChI=1S/C20H23N3O5S/c1-14-11-15(2)19(16(3)12-14)29(27,28)22-9-7-21(8-10-22)20(24)17-5-4-6-18(13-17)23(25)26/h4-6,11-13H,7-10H2,1-3H3. The number of nitro groups is 1. The van der Waals surface area contributed by atoms with E-state index in [1.165, 1.54) is 33.5 Å². The van der Waals surface area contributed by atoms with Crippen LogP contribution in [0.4, 0.5) is 5.69 Å². The van der Waals surface area contributed by atoms with E-state index in [4.69, 9.17) is 0 Å². The summed E-state index contributed by atoms with van der Waals surface area (Å²) >= 11 is 0. The van der Waals surface area contributed by atoms with Gasteiger partial charge in [0, 0.05) is 43.9 Å². The molecular weight excluding hydrogens is 394 g/mol. The minimum Gasteiger partial charge on any atom is -0.336 e. The van der Waals surface area contributed by atoms with E-state index in [9.17, 15) is 23.3 Å². The first kappa shape index (κ1) is 20.9. The third-order valence-corrected chi connectivity index (χ3v) is 7.24. The van der Waals surface area contributed by atoms with Gasteiger partial charge in [0.15, 0.2) is 0 Å². The van der Waals surface area contributed by atoms with Crippen LogP contribution in [0.3, 0.4) is 0 Å². The van der Waals surface area contributed by atoms with Crippen LogP contribution in [0.15, 0.2) is 41.3 Å². The van der Waals surface area contributed by atoms with Crippen molar-refractivity contribution in [3.63, 3.8) is 0 Å². The summed E-state index contributed by atoms with van der Waals surface area (Å²) in [4.78, 5) is 24.9. The number of aryl methyl sites for hydroxylation is 3. The van der Waals surface area contributed by atoms with Gasteiger partial charge in [-0.1, -0.05) is 23.8 Å². The van der Waals surface area contributed by atoms with Gasteiger partial charge in [-0.05, 0) is 38.0 Å². The highest BCUT2D eigenvalue weighted by molar-refractivity contribution is 7.89. The molecule has 9 heteroatoms. The quantitative estimate of drug-likeness (QED) is 0.562. The summed E-state index contributed by atoms with van der Waals surface area (Å²) in [6, 6.07) is 9.26. The average molecular weight is 417 g/mol. The van der Waals surface area contributed by atoms with Crippen molar-refractivity contribution in [3.8, 4) is 0 Å². The van der Waals surface area contributed by atoms with Gasteiger partial charge in [-0.15, -0.1) is 0 Å². The van der Waals surface area contributed by atoms with Gasteiger partial charge in [-0.2, -0.15) is 4.31 Å². The summed E-state index contributed by atoms with van der Waals surface area (Å²) in [6.07, 6.45) is 0. The first-order chi connectivity index (χ1) is 13.6. The van der Waals surface area contributed by atoms with Crippen molar-refractivity contribution >= 4 is 21.6 Å². The maximum atomic E-state index is 13.2. The Labute approximate surface area is 169 Å². The molecule has 2 aromatic rings. The number of carbonyl (C=O) groups excluding carboxylic acids is 1. The Morgan fingerprint density at radius 2 is 1.59 bits per heavy atom. The topological polar surface area (TPSA) is 101 Å². The van der Waals surface area contributed by atoms with Crippen molar-refractivity contribution in [2.45, 2.75) is 25.7 Å². The minimum atomic E-state index is -3.67. The SMILES string of the molecule is Cc1cc(C)c(S(=O)(=O)N2CCN(C(=O)c3cccc([N+](=O)[O-])c3)CC2)c(C)c1. The van der Waals surface area contributed by atoms with E-state index in [1.54, 1.807) is 13.8 Å². The Balaban J connectivity index is 1.76. The predicted molar refractivity (Wildman–Crippen MR) is 108 cm³/mol. The first-order valence-electron chi connectivity index (χ1n) is 9.23. The van der Waals surface area contributed by atoms with Gasteiger partial charge in [-0.3, -0.25) is 14.9 Å². The summed E-state index contributed by atoms with van der Waals surface area (Å²) in [5, 5.41) is 10.9. The van der Waals surface area contributed by atoms with E-state index in [0.717, 1.165) is 5.56 Å². The second-order valence-corrected chi connectivity index (χ2v) is 9.11. The molecule has 1 heterocycles. The van der Waals surface area contributed by atoms with E-state index in [0.29, 0.717) is 16.0 Å². The van der Waals surface area contributed by atoms with Crippen molar-refractivity contribution in [1.82, 2.24) is 9.21 Å². The fourth-order valence-corrected chi connectivity index (χ4v) is 5.60. The van der Waals surface area contributed by atoms with Crippen LogP contribution in [0.1, 0.15) is 27.0 Å². The lowest BCUT2D eigenvalue weighted by Crippen LogP contribution is -2.50. The number of amides is 1. The summed E-state index contributed by atoms with van der Waals surface area (Å²) in [5.74, 6) is -0.339. The molecule has 3 rings (SSSR count). The molecule has 0 aliphatic carbocycles. The molecule has 0 unspecified atom stereocenters. The number of sulfonamides is 1. The average Bonchev–Trinajstić information content (AvgIpc) is 2.66. The molecule has 1 aliphatic heterocycles. The number of benzene rings is 2. The zero-order chi connectivity index (χ0) is 21.3. The molecule has 8 nitrogen and oxygen atoms in total. The van der Waals surface area contributed by atoms with E-state index in [1.807, 2.05) is 19.1 Å².